The van der Waals surface area contributed by atoms with E-state index in [4.69, 9.17) is 4.74 Å². The normalized spacial score (nSPS) is 12.3. The minimum Gasteiger partial charge on any atom is -0.449 e. The van der Waals surface area contributed by atoms with Crippen LogP contribution < -0.4 is 16.0 Å². The number of hydrogen-bond donors (Lipinski definition) is 3. The van der Waals surface area contributed by atoms with Crippen molar-refractivity contribution in [3.63, 3.8) is 0 Å². The fourth-order valence-electron chi connectivity index (χ4n) is 3.07. The summed E-state index contributed by atoms with van der Waals surface area (Å²) in [4.78, 5) is 48.1. The first-order valence-corrected chi connectivity index (χ1v) is 10.4. The molecule has 8 heteroatoms. The van der Waals surface area contributed by atoms with Crippen molar-refractivity contribution in [3.05, 3.63) is 53.6 Å². The van der Waals surface area contributed by atoms with Gasteiger partial charge in [-0.2, -0.15) is 0 Å². The largest absolute Gasteiger partial charge is 0.449 e. The maximum Gasteiger partial charge on any atom is 0.339 e. The summed E-state index contributed by atoms with van der Waals surface area (Å²) < 4.78 is 5.34. The average molecular weight is 440 g/mol. The predicted octanol–water partition coefficient (Wildman–Crippen LogP) is 4.30. The van der Waals surface area contributed by atoms with E-state index in [2.05, 4.69) is 29.8 Å². The van der Waals surface area contributed by atoms with Crippen molar-refractivity contribution in [3.8, 4) is 0 Å². The molecule has 3 amide bonds. The molecule has 0 fully saturated rings. The van der Waals surface area contributed by atoms with Crippen LogP contribution in [-0.2, 0) is 19.1 Å². The van der Waals surface area contributed by atoms with E-state index in [-0.39, 0.29) is 23.3 Å². The number of nitrogens with one attached hydrogen (secondary N) is 3. The van der Waals surface area contributed by atoms with Gasteiger partial charge in [-0.05, 0) is 49.1 Å². The molecule has 0 aliphatic rings. The van der Waals surface area contributed by atoms with Gasteiger partial charge in [0.1, 0.15) is 0 Å². The van der Waals surface area contributed by atoms with Crippen LogP contribution in [0.3, 0.4) is 0 Å². The van der Waals surface area contributed by atoms with Crippen LogP contribution in [0.1, 0.15) is 62.9 Å². The Morgan fingerprint density at radius 2 is 1.44 bits per heavy atom. The molecule has 0 spiro atoms. The number of carbonyl (C=O) groups is 4. The molecule has 2 rings (SSSR count). The van der Waals surface area contributed by atoms with Crippen molar-refractivity contribution in [2.75, 3.05) is 16.0 Å². The third kappa shape index (κ3) is 6.94. The summed E-state index contributed by atoms with van der Waals surface area (Å²) in [5.41, 5.74) is 2.39. The Hall–Kier alpha value is -3.68. The zero-order chi connectivity index (χ0) is 23.8. The van der Waals surface area contributed by atoms with Gasteiger partial charge in [-0.25, -0.2) is 4.79 Å². The van der Waals surface area contributed by atoms with E-state index in [1.165, 1.54) is 39.0 Å². The maximum absolute atomic E-state index is 12.7. The first-order valence-electron chi connectivity index (χ1n) is 10.4. The van der Waals surface area contributed by atoms with Crippen LogP contribution in [0, 0.1) is 0 Å². The van der Waals surface area contributed by atoms with Crippen LogP contribution in [0.2, 0.25) is 0 Å². The summed E-state index contributed by atoms with van der Waals surface area (Å²) in [7, 11) is 0. The molecule has 0 saturated heterocycles. The smallest absolute Gasteiger partial charge is 0.339 e. The topological polar surface area (TPSA) is 114 Å². The highest BCUT2D eigenvalue weighted by Gasteiger charge is 2.21. The van der Waals surface area contributed by atoms with E-state index in [9.17, 15) is 19.2 Å². The van der Waals surface area contributed by atoms with Crippen LogP contribution in [0.5, 0.6) is 0 Å². The lowest BCUT2D eigenvalue weighted by Crippen LogP contribution is -2.30. The van der Waals surface area contributed by atoms with Crippen LogP contribution in [-0.4, -0.2) is 29.8 Å². The Bertz CT molecular complexity index is 984. The van der Waals surface area contributed by atoms with Gasteiger partial charge in [-0.15, -0.1) is 0 Å². The van der Waals surface area contributed by atoms with E-state index in [0.717, 1.165) is 12.0 Å². The van der Waals surface area contributed by atoms with Crippen molar-refractivity contribution >= 4 is 40.8 Å². The molecule has 0 aliphatic carbocycles. The number of anilines is 3. The fraction of sp³-hybridized carbons (Fsp3) is 0.333. The number of rotatable bonds is 8. The molecule has 0 saturated carbocycles. The summed E-state index contributed by atoms with van der Waals surface area (Å²) in [6.07, 6.45) is -0.153. The van der Waals surface area contributed by atoms with Crippen molar-refractivity contribution in [2.45, 2.75) is 53.1 Å². The van der Waals surface area contributed by atoms with E-state index in [0.29, 0.717) is 17.1 Å². The second-order valence-corrected chi connectivity index (χ2v) is 7.59. The first kappa shape index (κ1) is 24.6. The molecular weight excluding hydrogens is 410 g/mol. The first-order chi connectivity index (χ1) is 15.1. The molecule has 0 aromatic heterocycles. The highest BCUT2D eigenvalue weighted by atomic mass is 16.5. The van der Waals surface area contributed by atoms with E-state index < -0.39 is 18.0 Å². The third-order valence-corrected chi connectivity index (χ3v) is 4.82. The van der Waals surface area contributed by atoms with Crippen LogP contribution in [0.25, 0.3) is 0 Å². The van der Waals surface area contributed by atoms with Crippen LogP contribution in [0.4, 0.5) is 17.1 Å². The van der Waals surface area contributed by atoms with Crippen molar-refractivity contribution in [1.82, 2.24) is 0 Å². The van der Waals surface area contributed by atoms with Gasteiger partial charge >= 0.3 is 5.97 Å². The number of carbonyl (C=O) groups excluding carboxylic acids is 4. The average Bonchev–Trinajstić information content (AvgIpc) is 2.72. The van der Waals surface area contributed by atoms with Crippen molar-refractivity contribution in [1.29, 1.82) is 0 Å². The molecule has 170 valence electrons. The standard InChI is InChI=1S/C24H29N3O5/c1-6-14(2)21-9-7-8-10-22(21)27-23(30)15(3)32-24(31)18-11-19(25-16(4)28)13-20(12-18)26-17(5)29/h7-15H,6H2,1-5H3,(H,25,28)(H,26,29)(H,27,30)/t14-,15+/m0/s1. The number of amides is 3. The molecule has 8 nitrogen and oxygen atoms in total. The van der Waals surface area contributed by atoms with E-state index in [1.807, 2.05) is 24.3 Å². The Morgan fingerprint density at radius 1 is 0.875 bits per heavy atom. The molecule has 0 bridgehead atoms. The van der Waals surface area contributed by atoms with Gasteiger partial charge in [0.05, 0.1) is 5.56 Å². The monoisotopic (exact) mass is 439 g/mol. The summed E-state index contributed by atoms with van der Waals surface area (Å²) in [5, 5.41) is 7.96. The molecule has 0 unspecified atom stereocenters. The van der Waals surface area contributed by atoms with E-state index in [1.54, 1.807) is 0 Å². The van der Waals surface area contributed by atoms with Crippen molar-refractivity contribution < 1.29 is 23.9 Å². The Labute approximate surface area is 187 Å². The van der Waals surface area contributed by atoms with Crippen LogP contribution >= 0.6 is 0 Å². The molecule has 32 heavy (non-hydrogen) atoms. The number of benzene rings is 2. The summed E-state index contributed by atoms with van der Waals surface area (Å²) in [6, 6.07) is 11.9. The Balaban J connectivity index is 2.17. The van der Waals surface area contributed by atoms with Gasteiger partial charge in [0.2, 0.25) is 11.8 Å². The SMILES string of the molecule is CC[C@H](C)c1ccccc1NC(=O)[C@@H](C)OC(=O)c1cc(NC(C)=O)cc(NC(C)=O)c1. The minimum absolute atomic E-state index is 0.0830. The molecule has 0 aliphatic heterocycles. The quantitative estimate of drug-likeness (QED) is 0.531. The summed E-state index contributed by atoms with van der Waals surface area (Å²) in [5.74, 6) is -1.64. The molecule has 3 N–H and O–H groups in total. The van der Waals surface area contributed by atoms with Gasteiger partial charge < -0.3 is 20.7 Å². The fourth-order valence-corrected chi connectivity index (χ4v) is 3.07. The minimum atomic E-state index is -1.07. The molecule has 2 aromatic rings. The Kier molecular flexibility index (Phi) is 8.52. The second-order valence-electron chi connectivity index (χ2n) is 7.59. The second kappa shape index (κ2) is 11.1. The lowest BCUT2D eigenvalue weighted by atomic mass is 9.97. The zero-order valence-electron chi connectivity index (χ0n) is 18.9. The Morgan fingerprint density at radius 3 is 1.97 bits per heavy atom. The summed E-state index contributed by atoms with van der Waals surface area (Å²) >= 11 is 0. The molecule has 2 atom stereocenters. The number of hydrogen-bond acceptors (Lipinski definition) is 5. The highest BCUT2D eigenvalue weighted by molar-refractivity contribution is 6.00. The molecular formula is C24H29N3O5. The molecule has 2 aromatic carbocycles. The number of para-hydroxylation sites is 1. The zero-order valence-corrected chi connectivity index (χ0v) is 18.9. The third-order valence-electron chi connectivity index (χ3n) is 4.82. The van der Waals surface area contributed by atoms with Gasteiger partial charge in [0.15, 0.2) is 6.10 Å². The molecule has 0 heterocycles. The number of esters is 1. The van der Waals surface area contributed by atoms with Crippen LogP contribution in [0.15, 0.2) is 42.5 Å². The predicted molar refractivity (Wildman–Crippen MR) is 124 cm³/mol. The summed E-state index contributed by atoms with van der Waals surface area (Å²) in [6.45, 7) is 8.27. The van der Waals surface area contributed by atoms with Gasteiger partial charge in [-0.3, -0.25) is 14.4 Å². The van der Waals surface area contributed by atoms with Gasteiger partial charge in [-0.1, -0.05) is 32.0 Å². The van der Waals surface area contributed by atoms with Gasteiger partial charge in [0.25, 0.3) is 5.91 Å². The maximum atomic E-state index is 12.7. The molecule has 0 radical (unpaired) electrons. The lowest BCUT2D eigenvalue weighted by Gasteiger charge is -2.18. The lowest BCUT2D eigenvalue weighted by molar-refractivity contribution is -0.123. The highest BCUT2D eigenvalue weighted by Crippen LogP contribution is 2.27. The van der Waals surface area contributed by atoms with Gasteiger partial charge in [0, 0.05) is 30.9 Å². The van der Waals surface area contributed by atoms with E-state index >= 15 is 0 Å². The van der Waals surface area contributed by atoms with Crippen molar-refractivity contribution in [2.24, 2.45) is 0 Å². The number of ether oxygens (including phenoxy) is 1.